The zero-order valence-corrected chi connectivity index (χ0v) is 8.58. The maximum absolute atomic E-state index is 9.07. The highest BCUT2D eigenvalue weighted by atomic mass is 32.1. The summed E-state index contributed by atoms with van der Waals surface area (Å²) in [4.78, 5) is 8.41. The van der Waals surface area contributed by atoms with E-state index in [9.17, 15) is 0 Å². The number of fused-ring (bicyclic) bond motifs is 1. The van der Waals surface area contributed by atoms with E-state index in [1.165, 1.54) is 0 Å². The van der Waals surface area contributed by atoms with E-state index in [4.69, 9.17) is 5.11 Å². The normalized spacial score (nSPS) is 13.0. The minimum absolute atomic E-state index is 0.392. The van der Waals surface area contributed by atoms with Gasteiger partial charge in [-0.15, -0.1) is 11.3 Å². The molecule has 2 aromatic rings. The lowest BCUT2D eigenvalue weighted by Gasteiger charge is -2.05. The Balaban J connectivity index is 2.17. The Hall–Kier alpha value is -1.20. The minimum Gasteiger partial charge on any atom is -0.392 e. The molecule has 0 amide bonds. The summed E-state index contributed by atoms with van der Waals surface area (Å²) < 4.78 is 1.08. The number of hydrogen-bond acceptors (Lipinski definition) is 5. The minimum atomic E-state index is -0.392. The van der Waals surface area contributed by atoms with Gasteiger partial charge in [0, 0.05) is 6.54 Å². The molecule has 0 saturated carbocycles. The molecule has 2 N–H and O–H groups in total. The van der Waals surface area contributed by atoms with Gasteiger partial charge in [-0.25, -0.2) is 9.97 Å². The lowest BCUT2D eigenvalue weighted by Crippen LogP contribution is -2.16. The number of aliphatic hydroxyl groups is 1. The van der Waals surface area contributed by atoms with Crippen LogP contribution in [0.4, 0.5) is 5.95 Å². The topological polar surface area (TPSA) is 58.0 Å². The molecule has 5 heteroatoms. The second kappa shape index (κ2) is 3.89. The first-order valence-corrected chi connectivity index (χ1v) is 5.26. The molecule has 0 saturated heterocycles. The molecule has 0 unspecified atom stereocenters. The summed E-state index contributed by atoms with van der Waals surface area (Å²) in [7, 11) is 0. The van der Waals surface area contributed by atoms with Crippen molar-refractivity contribution < 1.29 is 5.11 Å². The van der Waals surface area contributed by atoms with Crippen molar-refractivity contribution >= 4 is 27.5 Å². The van der Waals surface area contributed by atoms with Crippen LogP contribution >= 0.6 is 11.3 Å². The van der Waals surface area contributed by atoms with E-state index in [1.807, 2.05) is 11.4 Å². The van der Waals surface area contributed by atoms with Crippen LogP contribution in [0.15, 0.2) is 17.6 Å². The summed E-state index contributed by atoms with van der Waals surface area (Å²) in [6.07, 6.45) is 1.40. The van der Waals surface area contributed by atoms with Gasteiger partial charge in [0.1, 0.15) is 0 Å². The van der Waals surface area contributed by atoms with Crippen LogP contribution in [0.2, 0.25) is 0 Å². The Bertz CT molecular complexity index is 427. The monoisotopic (exact) mass is 209 g/mol. The van der Waals surface area contributed by atoms with Gasteiger partial charge < -0.3 is 10.4 Å². The molecule has 74 valence electrons. The maximum Gasteiger partial charge on any atom is 0.223 e. The Morgan fingerprint density at radius 1 is 1.64 bits per heavy atom. The van der Waals surface area contributed by atoms with Crippen molar-refractivity contribution in [2.24, 2.45) is 0 Å². The standard InChI is InChI=1S/C9H11N3OS/c1-6(13)4-10-9-11-5-8-7(12-9)2-3-14-8/h2-3,5-6,13H,4H2,1H3,(H,10,11,12)/t6-/m1/s1. The molecule has 1 atom stereocenters. The van der Waals surface area contributed by atoms with Gasteiger partial charge >= 0.3 is 0 Å². The summed E-state index contributed by atoms with van der Waals surface area (Å²) in [5.41, 5.74) is 0.943. The van der Waals surface area contributed by atoms with E-state index in [0.29, 0.717) is 12.5 Å². The fraction of sp³-hybridized carbons (Fsp3) is 0.333. The van der Waals surface area contributed by atoms with Crippen LogP contribution in [0.25, 0.3) is 10.2 Å². The first kappa shape index (κ1) is 9.36. The third-order valence-electron chi connectivity index (χ3n) is 1.76. The second-order valence-electron chi connectivity index (χ2n) is 3.09. The molecule has 0 aliphatic rings. The fourth-order valence-electron chi connectivity index (χ4n) is 1.09. The molecule has 0 aliphatic heterocycles. The molecule has 2 rings (SSSR count). The number of thiophene rings is 1. The van der Waals surface area contributed by atoms with Crippen LogP contribution in [0, 0.1) is 0 Å². The first-order chi connectivity index (χ1) is 6.75. The summed E-state index contributed by atoms with van der Waals surface area (Å²) in [6, 6.07) is 1.95. The van der Waals surface area contributed by atoms with Gasteiger partial charge in [0.15, 0.2) is 0 Å². The summed E-state index contributed by atoms with van der Waals surface area (Å²) >= 11 is 1.62. The average Bonchev–Trinajstić information content (AvgIpc) is 2.61. The van der Waals surface area contributed by atoms with E-state index >= 15 is 0 Å². The molecule has 0 bridgehead atoms. The van der Waals surface area contributed by atoms with Gasteiger partial charge in [-0.3, -0.25) is 0 Å². The molecule has 0 spiro atoms. The maximum atomic E-state index is 9.07. The van der Waals surface area contributed by atoms with Crippen LogP contribution < -0.4 is 5.32 Å². The first-order valence-electron chi connectivity index (χ1n) is 4.38. The fourth-order valence-corrected chi connectivity index (χ4v) is 1.78. The highest BCUT2D eigenvalue weighted by Crippen LogP contribution is 2.18. The molecule has 14 heavy (non-hydrogen) atoms. The van der Waals surface area contributed by atoms with E-state index < -0.39 is 6.10 Å². The number of aromatic nitrogens is 2. The lowest BCUT2D eigenvalue weighted by molar-refractivity contribution is 0.208. The highest BCUT2D eigenvalue weighted by molar-refractivity contribution is 7.17. The van der Waals surface area contributed by atoms with Crippen molar-refractivity contribution in [3.8, 4) is 0 Å². The largest absolute Gasteiger partial charge is 0.392 e. The van der Waals surface area contributed by atoms with Crippen LogP contribution in [0.3, 0.4) is 0 Å². The third kappa shape index (κ3) is 2.00. The van der Waals surface area contributed by atoms with Crippen molar-refractivity contribution in [2.75, 3.05) is 11.9 Å². The number of nitrogens with zero attached hydrogens (tertiary/aromatic N) is 2. The molecule has 2 aromatic heterocycles. The van der Waals surface area contributed by atoms with Gasteiger partial charge in [0.05, 0.1) is 22.5 Å². The van der Waals surface area contributed by atoms with Gasteiger partial charge in [-0.05, 0) is 18.4 Å². The molecule has 0 fully saturated rings. The summed E-state index contributed by atoms with van der Waals surface area (Å²) in [6.45, 7) is 2.19. The Kier molecular flexibility index (Phi) is 2.60. The molecule has 0 radical (unpaired) electrons. The van der Waals surface area contributed by atoms with E-state index in [2.05, 4.69) is 15.3 Å². The molecule has 4 nitrogen and oxygen atoms in total. The number of nitrogens with one attached hydrogen (secondary N) is 1. The SMILES string of the molecule is C[C@@H](O)CNc1ncc2sccc2n1. The molecular formula is C9H11N3OS. The van der Waals surface area contributed by atoms with Crippen LogP contribution in [-0.2, 0) is 0 Å². The lowest BCUT2D eigenvalue weighted by atomic mass is 10.4. The van der Waals surface area contributed by atoms with Crippen molar-refractivity contribution in [3.05, 3.63) is 17.6 Å². The van der Waals surface area contributed by atoms with Crippen molar-refractivity contribution in [1.82, 2.24) is 9.97 Å². The van der Waals surface area contributed by atoms with Gasteiger partial charge in [-0.1, -0.05) is 0 Å². The molecular weight excluding hydrogens is 198 g/mol. The van der Waals surface area contributed by atoms with Gasteiger partial charge in [-0.2, -0.15) is 0 Å². The van der Waals surface area contributed by atoms with Crippen LogP contribution in [-0.4, -0.2) is 27.7 Å². The van der Waals surface area contributed by atoms with E-state index in [-0.39, 0.29) is 0 Å². The number of rotatable bonds is 3. The second-order valence-corrected chi connectivity index (χ2v) is 4.04. The number of anilines is 1. The highest BCUT2D eigenvalue weighted by Gasteiger charge is 2.01. The zero-order chi connectivity index (χ0) is 9.97. The van der Waals surface area contributed by atoms with Crippen LogP contribution in [0.1, 0.15) is 6.92 Å². The smallest absolute Gasteiger partial charge is 0.223 e. The number of hydrogen-bond donors (Lipinski definition) is 2. The Labute approximate surface area is 85.6 Å². The van der Waals surface area contributed by atoms with E-state index in [0.717, 1.165) is 10.2 Å². The Morgan fingerprint density at radius 2 is 2.50 bits per heavy atom. The molecule has 2 heterocycles. The average molecular weight is 209 g/mol. The van der Waals surface area contributed by atoms with Gasteiger partial charge in [0.2, 0.25) is 5.95 Å². The predicted octanol–water partition coefficient (Wildman–Crippen LogP) is 1.48. The molecule has 0 aliphatic carbocycles. The van der Waals surface area contributed by atoms with Crippen molar-refractivity contribution in [1.29, 1.82) is 0 Å². The van der Waals surface area contributed by atoms with Crippen molar-refractivity contribution in [2.45, 2.75) is 13.0 Å². The summed E-state index contributed by atoms with van der Waals surface area (Å²) in [5.74, 6) is 0.566. The van der Waals surface area contributed by atoms with Crippen LogP contribution in [0.5, 0.6) is 0 Å². The zero-order valence-electron chi connectivity index (χ0n) is 7.77. The number of aliphatic hydroxyl groups excluding tert-OH is 1. The summed E-state index contributed by atoms with van der Waals surface area (Å²) in [5, 5.41) is 14.0. The van der Waals surface area contributed by atoms with E-state index in [1.54, 1.807) is 24.5 Å². The quantitative estimate of drug-likeness (QED) is 0.804. The van der Waals surface area contributed by atoms with Crippen molar-refractivity contribution in [3.63, 3.8) is 0 Å². The third-order valence-corrected chi connectivity index (χ3v) is 2.60. The predicted molar refractivity (Wildman–Crippen MR) is 57.6 cm³/mol. The Morgan fingerprint density at radius 3 is 3.29 bits per heavy atom. The van der Waals surface area contributed by atoms with Gasteiger partial charge in [0.25, 0.3) is 0 Å². The molecule has 0 aromatic carbocycles.